The SMILES string of the molecule is CCCNCc1ccc(Cn2cc(Br)cn2)c(Br)c1. The maximum absolute atomic E-state index is 4.27. The van der Waals surface area contributed by atoms with Gasteiger partial charge >= 0.3 is 0 Å². The summed E-state index contributed by atoms with van der Waals surface area (Å²) >= 11 is 7.05. The Kier molecular flexibility index (Phi) is 5.60. The van der Waals surface area contributed by atoms with E-state index in [2.05, 4.69) is 67.4 Å². The molecule has 0 spiro atoms. The van der Waals surface area contributed by atoms with E-state index in [0.29, 0.717) is 0 Å². The molecule has 102 valence electrons. The lowest BCUT2D eigenvalue weighted by Gasteiger charge is -2.08. The van der Waals surface area contributed by atoms with Crippen molar-refractivity contribution in [3.8, 4) is 0 Å². The van der Waals surface area contributed by atoms with Crippen LogP contribution in [0.25, 0.3) is 0 Å². The highest BCUT2D eigenvalue weighted by Crippen LogP contribution is 2.20. The van der Waals surface area contributed by atoms with Crippen LogP contribution in [-0.4, -0.2) is 16.3 Å². The molecule has 0 atom stereocenters. The normalized spacial score (nSPS) is 10.9. The van der Waals surface area contributed by atoms with Crippen molar-refractivity contribution in [2.75, 3.05) is 6.54 Å². The van der Waals surface area contributed by atoms with Crippen molar-refractivity contribution in [2.24, 2.45) is 0 Å². The Labute approximate surface area is 130 Å². The van der Waals surface area contributed by atoms with Crippen LogP contribution in [0, 0.1) is 0 Å². The molecule has 3 nitrogen and oxygen atoms in total. The van der Waals surface area contributed by atoms with Crippen LogP contribution in [0.15, 0.2) is 39.5 Å². The number of halogens is 2. The molecule has 0 amide bonds. The molecule has 19 heavy (non-hydrogen) atoms. The van der Waals surface area contributed by atoms with E-state index >= 15 is 0 Å². The van der Waals surface area contributed by atoms with Gasteiger partial charge in [-0.1, -0.05) is 35.0 Å². The molecule has 0 unspecified atom stereocenters. The Morgan fingerprint density at radius 3 is 2.79 bits per heavy atom. The first-order valence-electron chi connectivity index (χ1n) is 6.35. The summed E-state index contributed by atoms with van der Waals surface area (Å²) in [6, 6.07) is 6.50. The Hall–Kier alpha value is -0.650. The first-order valence-corrected chi connectivity index (χ1v) is 7.93. The quantitative estimate of drug-likeness (QED) is 0.761. The second-order valence-electron chi connectivity index (χ2n) is 4.46. The van der Waals surface area contributed by atoms with Gasteiger partial charge in [-0.2, -0.15) is 5.10 Å². The average Bonchev–Trinajstić information content (AvgIpc) is 2.79. The highest BCUT2D eigenvalue weighted by molar-refractivity contribution is 9.10. The Morgan fingerprint density at radius 1 is 1.32 bits per heavy atom. The maximum Gasteiger partial charge on any atom is 0.0670 e. The summed E-state index contributed by atoms with van der Waals surface area (Å²) in [6.45, 7) is 4.92. The smallest absolute Gasteiger partial charge is 0.0670 e. The number of hydrogen-bond acceptors (Lipinski definition) is 2. The van der Waals surface area contributed by atoms with Gasteiger partial charge < -0.3 is 5.32 Å². The molecule has 1 N–H and O–H groups in total. The fraction of sp³-hybridized carbons (Fsp3) is 0.357. The highest BCUT2D eigenvalue weighted by Gasteiger charge is 2.04. The van der Waals surface area contributed by atoms with Crippen LogP contribution in [0.2, 0.25) is 0 Å². The van der Waals surface area contributed by atoms with Gasteiger partial charge in [-0.25, -0.2) is 0 Å². The maximum atomic E-state index is 4.27. The van der Waals surface area contributed by atoms with Crippen molar-refractivity contribution < 1.29 is 0 Å². The van der Waals surface area contributed by atoms with Gasteiger partial charge in [0.15, 0.2) is 0 Å². The van der Waals surface area contributed by atoms with Gasteiger partial charge in [-0.15, -0.1) is 0 Å². The third-order valence-corrected chi connectivity index (χ3v) is 3.96. The molecule has 1 aromatic carbocycles. The second kappa shape index (κ2) is 7.22. The van der Waals surface area contributed by atoms with Gasteiger partial charge in [-0.3, -0.25) is 4.68 Å². The van der Waals surface area contributed by atoms with Gasteiger partial charge in [0.05, 0.1) is 17.2 Å². The predicted octanol–water partition coefficient (Wildman–Crippen LogP) is 3.96. The second-order valence-corrected chi connectivity index (χ2v) is 6.23. The van der Waals surface area contributed by atoms with E-state index < -0.39 is 0 Å². The van der Waals surface area contributed by atoms with Gasteiger partial charge in [0.1, 0.15) is 0 Å². The zero-order chi connectivity index (χ0) is 13.7. The predicted molar refractivity (Wildman–Crippen MR) is 85.2 cm³/mol. The van der Waals surface area contributed by atoms with Crippen molar-refractivity contribution in [1.29, 1.82) is 0 Å². The van der Waals surface area contributed by atoms with Crippen LogP contribution in [-0.2, 0) is 13.1 Å². The van der Waals surface area contributed by atoms with Crippen molar-refractivity contribution in [1.82, 2.24) is 15.1 Å². The molecular formula is C14H17Br2N3. The zero-order valence-corrected chi connectivity index (χ0v) is 14.0. The summed E-state index contributed by atoms with van der Waals surface area (Å²) in [6.07, 6.45) is 4.94. The molecule has 2 rings (SSSR count). The standard InChI is InChI=1S/C14H17Br2N3/c1-2-5-17-7-11-3-4-12(14(16)6-11)9-19-10-13(15)8-18-19/h3-4,6,8,10,17H,2,5,7,9H2,1H3. The highest BCUT2D eigenvalue weighted by atomic mass is 79.9. The molecule has 0 aliphatic rings. The van der Waals surface area contributed by atoms with Crippen molar-refractivity contribution in [3.63, 3.8) is 0 Å². The fourth-order valence-corrected chi connectivity index (χ4v) is 2.72. The third kappa shape index (κ3) is 4.44. The van der Waals surface area contributed by atoms with Crippen LogP contribution in [0.5, 0.6) is 0 Å². The van der Waals surface area contributed by atoms with Crippen molar-refractivity contribution in [3.05, 3.63) is 50.7 Å². The lowest BCUT2D eigenvalue weighted by molar-refractivity contribution is 0.671. The summed E-state index contributed by atoms with van der Waals surface area (Å²) in [5.41, 5.74) is 2.53. The molecular weight excluding hydrogens is 370 g/mol. The van der Waals surface area contributed by atoms with Crippen molar-refractivity contribution in [2.45, 2.75) is 26.4 Å². The van der Waals surface area contributed by atoms with Gasteiger partial charge in [0.25, 0.3) is 0 Å². The number of benzene rings is 1. The molecule has 0 aliphatic heterocycles. The van der Waals surface area contributed by atoms with E-state index in [1.54, 1.807) is 6.20 Å². The minimum atomic E-state index is 0.773. The van der Waals surface area contributed by atoms with Crippen LogP contribution in [0.3, 0.4) is 0 Å². The summed E-state index contributed by atoms with van der Waals surface area (Å²) in [4.78, 5) is 0. The van der Waals surface area contributed by atoms with Crippen LogP contribution < -0.4 is 5.32 Å². The van der Waals surface area contributed by atoms with Crippen LogP contribution in [0.4, 0.5) is 0 Å². The molecule has 2 aromatic rings. The Bertz CT molecular complexity index is 537. The van der Waals surface area contributed by atoms with Crippen LogP contribution >= 0.6 is 31.9 Å². The molecule has 0 saturated heterocycles. The number of nitrogens with zero attached hydrogens (tertiary/aromatic N) is 2. The largest absolute Gasteiger partial charge is 0.313 e. The number of rotatable bonds is 6. The van der Waals surface area contributed by atoms with E-state index in [1.165, 1.54) is 11.1 Å². The minimum absolute atomic E-state index is 0.773. The summed E-state index contributed by atoms with van der Waals surface area (Å²) in [5.74, 6) is 0. The number of nitrogens with one attached hydrogen (secondary N) is 1. The topological polar surface area (TPSA) is 29.9 Å². The molecule has 0 fully saturated rings. The molecule has 0 bridgehead atoms. The minimum Gasteiger partial charge on any atom is -0.313 e. The van der Waals surface area contributed by atoms with E-state index in [1.807, 2.05) is 10.9 Å². The van der Waals surface area contributed by atoms with E-state index in [9.17, 15) is 0 Å². The van der Waals surface area contributed by atoms with Gasteiger partial charge in [0, 0.05) is 17.2 Å². The molecule has 1 aromatic heterocycles. The zero-order valence-electron chi connectivity index (χ0n) is 10.9. The van der Waals surface area contributed by atoms with Gasteiger partial charge in [-0.05, 0) is 46.1 Å². The van der Waals surface area contributed by atoms with Crippen LogP contribution in [0.1, 0.15) is 24.5 Å². The number of hydrogen-bond donors (Lipinski definition) is 1. The van der Waals surface area contributed by atoms with E-state index in [-0.39, 0.29) is 0 Å². The Morgan fingerprint density at radius 2 is 2.16 bits per heavy atom. The molecule has 0 radical (unpaired) electrons. The number of aromatic nitrogens is 2. The van der Waals surface area contributed by atoms with Gasteiger partial charge in [0.2, 0.25) is 0 Å². The summed E-state index contributed by atoms with van der Waals surface area (Å²) in [7, 11) is 0. The average molecular weight is 387 g/mol. The third-order valence-electron chi connectivity index (χ3n) is 2.81. The lowest BCUT2D eigenvalue weighted by Crippen LogP contribution is -2.13. The first-order chi connectivity index (χ1) is 9.19. The molecule has 0 saturated carbocycles. The lowest BCUT2D eigenvalue weighted by atomic mass is 10.1. The molecule has 5 heteroatoms. The van der Waals surface area contributed by atoms with E-state index in [4.69, 9.17) is 0 Å². The van der Waals surface area contributed by atoms with E-state index in [0.717, 1.165) is 35.0 Å². The van der Waals surface area contributed by atoms with Crippen molar-refractivity contribution >= 4 is 31.9 Å². The fourth-order valence-electron chi connectivity index (χ4n) is 1.84. The Balaban J connectivity index is 2.02. The molecule has 1 heterocycles. The first kappa shape index (κ1) is 14.8. The summed E-state index contributed by atoms with van der Waals surface area (Å²) < 4.78 is 4.05. The molecule has 0 aliphatic carbocycles. The monoisotopic (exact) mass is 385 g/mol. The summed E-state index contributed by atoms with van der Waals surface area (Å²) in [5, 5.41) is 7.68.